The molecule has 0 radical (unpaired) electrons. The zero-order valence-corrected chi connectivity index (χ0v) is 13.0. The van der Waals surface area contributed by atoms with Crippen molar-refractivity contribution in [3.8, 4) is 0 Å². The lowest BCUT2D eigenvalue weighted by atomic mass is 10.1. The van der Waals surface area contributed by atoms with E-state index in [4.69, 9.17) is 11.6 Å². The highest BCUT2D eigenvalue weighted by Crippen LogP contribution is 2.46. The highest BCUT2D eigenvalue weighted by Gasteiger charge is 2.47. The van der Waals surface area contributed by atoms with Crippen molar-refractivity contribution in [1.29, 1.82) is 0 Å². The second-order valence-electron chi connectivity index (χ2n) is 5.44. The Bertz CT molecular complexity index is 740. The third-order valence-electron chi connectivity index (χ3n) is 3.68. The number of sulfonamides is 1. The van der Waals surface area contributed by atoms with E-state index in [2.05, 4.69) is 4.72 Å². The molecule has 1 N–H and O–H groups in total. The van der Waals surface area contributed by atoms with Crippen molar-refractivity contribution in [3.63, 3.8) is 0 Å². The Balaban J connectivity index is 1.79. The molecule has 110 valence electrons. The fraction of sp³-hybridized carbons (Fsp3) is 0.250. The molecule has 1 saturated carbocycles. The van der Waals surface area contributed by atoms with Crippen LogP contribution in [0.5, 0.6) is 0 Å². The molecule has 5 heteroatoms. The van der Waals surface area contributed by atoms with Gasteiger partial charge in [0.2, 0.25) is 10.0 Å². The second-order valence-corrected chi connectivity index (χ2v) is 7.60. The molecule has 1 fully saturated rings. The third kappa shape index (κ3) is 3.46. The van der Waals surface area contributed by atoms with Crippen LogP contribution < -0.4 is 4.72 Å². The second kappa shape index (κ2) is 5.44. The molecule has 1 aliphatic carbocycles. The molecule has 0 bridgehead atoms. The van der Waals surface area contributed by atoms with Gasteiger partial charge in [-0.15, -0.1) is 0 Å². The van der Waals surface area contributed by atoms with Crippen molar-refractivity contribution in [2.24, 2.45) is 0 Å². The largest absolute Gasteiger partial charge is 0.216 e. The molecule has 0 unspecified atom stereocenters. The van der Waals surface area contributed by atoms with E-state index in [9.17, 15) is 8.42 Å². The topological polar surface area (TPSA) is 46.2 Å². The quantitative estimate of drug-likeness (QED) is 0.916. The minimum Gasteiger partial charge on any atom is -0.212 e. The molecule has 0 aliphatic heterocycles. The molecule has 0 atom stereocenters. The van der Waals surface area contributed by atoms with Gasteiger partial charge < -0.3 is 0 Å². The SMILES string of the molecule is O=S(=O)(Cc1ccccc1)NC1(c2cccc(Cl)c2)CC1. The maximum absolute atomic E-state index is 12.4. The van der Waals surface area contributed by atoms with Crippen molar-refractivity contribution in [2.45, 2.75) is 24.1 Å². The zero-order chi connectivity index (χ0) is 14.9. The molecule has 0 aromatic heterocycles. The van der Waals surface area contributed by atoms with Gasteiger partial charge in [-0.3, -0.25) is 0 Å². The average Bonchev–Trinajstić information content (AvgIpc) is 3.19. The van der Waals surface area contributed by atoms with E-state index in [1.54, 1.807) is 6.07 Å². The van der Waals surface area contributed by atoms with Crippen LogP contribution in [0.3, 0.4) is 0 Å². The van der Waals surface area contributed by atoms with Gasteiger partial charge in [0.05, 0.1) is 11.3 Å². The minimum absolute atomic E-state index is 0.00381. The zero-order valence-electron chi connectivity index (χ0n) is 11.4. The summed E-state index contributed by atoms with van der Waals surface area (Å²) in [5.41, 5.74) is 1.25. The van der Waals surface area contributed by atoms with E-state index in [0.29, 0.717) is 5.02 Å². The van der Waals surface area contributed by atoms with Gasteiger partial charge >= 0.3 is 0 Å². The summed E-state index contributed by atoms with van der Waals surface area (Å²) in [5.74, 6) is -0.00381. The molecular formula is C16H16ClNO2S. The van der Waals surface area contributed by atoms with Gasteiger partial charge in [0, 0.05) is 5.02 Å². The first-order valence-electron chi connectivity index (χ1n) is 6.81. The molecule has 3 rings (SSSR count). The Kier molecular flexibility index (Phi) is 3.78. The van der Waals surface area contributed by atoms with Crippen LogP contribution in [0.2, 0.25) is 5.02 Å². The number of hydrogen-bond donors (Lipinski definition) is 1. The lowest BCUT2D eigenvalue weighted by molar-refractivity contribution is 0.551. The molecule has 0 heterocycles. The molecule has 1 aliphatic rings. The number of benzene rings is 2. The van der Waals surface area contributed by atoms with Crippen LogP contribution in [0.25, 0.3) is 0 Å². The van der Waals surface area contributed by atoms with Gasteiger partial charge in [-0.25, -0.2) is 13.1 Å². The predicted octanol–water partition coefficient (Wildman–Crippen LogP) is 3.45. The van der Waals surface area contributed by atoms with Crippen LogP contribution in [-0.4, -0.2) is 8.42 Å². The van der Waals surface area contributed by atoms with Gasteiger partial charge in [0.1, 0.15) is 0 Å². The normalized spacial score (nSPS) is 16.6. The van der Waals surface area contributed by atoms with Crippen molar-refractivity contribution in [1.82, 2.24) is 4.72 Å². The van der Waals surface area contributed by atoms with Crippen LogP contribution in [0.4, 0.5) is 0 Å². The first kappa shape index (κ1) is 14.6. The van der Waals surface area contributed by atoms with Crippen molar-refractivity contribution in [2.75, 3.05) is 0 Å². The van der Waals surface area contributed by atoms with Gasteiger partial charge in [-0.1, -0.05) is 54.1 Å². The lowest BCUT2D eigenvalue weighted by Gasteiger charge is -2.18. The summed E-state index contributed by atoms with van der Waals surface area (Å²) in [6.45, 7) is 0. The summed E-state index contributed by atoms with van der Waals surface area (Å²) in [6, 6.07) is 16.6. The lowest BCUT2D eigenvalue weighted by Crippen LogP contribution is -2.35. The van der Waals surface area contributed by atoms with Crippen molar-refractivity contribution in [3.05, 3.63) is 70.7 Å². The highest BCUT2D eigenvalue weighted by molar-refractivity contribution is 7.88. The Labute approximate surface area is 130 Å². The molecule has 0 spiro atoms. The van der Waals surface area contributed by atoms with E-state index in [1.165, 1.54) is 0 Å². The monoisotopic (exact) mass is 321 g/mol. The minimum atomic E-state index is -3.38. The van der Waals surface area contributed by atoms with Crippen molar-refractivity contribution >= 4 is 21.6 Å². The van der Waals surface area contributed by atoms with Crippen LogP contribution in [-0.2, 0) is 21.3 Å². The summed E-state index contributed by atoms with van der Waals surface area (Å²) in [7, 11) is -3.38. The Morgan fingerprint density at radius 2 is 1.76 bits per heavy atom. The summed E-state index contributed by atoms with van der Waals surface area (Å²) < 4.78 is 27.6. The van der Waals surface area contributed by atoms with Crippen LogP contribution >= 0.6 is 11.6 Å². The first-order valence-corrected chi connectivity index (χ1v) is 8.84. The van der Waals surface area contributed by atoms with E-state index in [0.717, 1.165) is 24.0 Å². The smallest absolute Gasteiger partial charge is 0.212 e. The predicted molar refractivity (Wildman–Crippen MR) is 84.6 cm³/mol. The van der Waals surface area contributed by atoms with Crippen LogP contribution in [0.1, 0.15) is 24.0 Å². The maximum Gasteiger partial charge on any atom is 0.216 e. The number of halogens is 1. The standard InChI is InChI=1S/C16H16ClNO2S/c17-15-8-4-7-14(11-15)16(9-10-16)18-21(19,20)12-13-5-2-1-3-6-13/h1-8,11,18H,9-10,12H2. The molecule has 2 aromatic rings. The molecule has 2 aromatic carbocycles. The third-order valence-corrected chi connectivity index (χ3v) is 5.33. The first-order chi connectivity index (χ1) is 9.99. The number of nitrogens with one attached hydrogen (secondary N) is 1. The highest BCUT2D eigenvalue weighted by atomic mass is 35.5. The fourth-order valence-electron chi connectivity index (χ4n) is 2.49. The average molecular weight is 322 g/mol. The maximum atomic E-state index is 12.4. The van der Waals surface area contributed by atoms with Gasteiger partial charge in [0.15, 0.2) is 0 Å². The van der Waals surface area contributed by atoms with E-state index < -0.39 is 15.6 Å². The van der Waals surface area contributed by atoms with Gasteiger partial charge in [0.25, 0.3) is 0 Å². The Morgan fingerprint density at radius 3 is 2.38 bits per heavy atom. The number of rotatable bonds is 5. The summed E-state index contributed by atoms with van der Waals surface area (Å²) in [5, 5.41) is 0.626. The van der Waals surface area contributed by atoms with Crippen LogP contribution in [0.15, 0.2) is 54.6 Å². The molecule has 0 saturated heterocycles. The molecule has 21 heavy (non-hydrogen) atoms. The summed E-state index contributed by atoms with van der Waals surface area (Å²) >= 11 is 6.00. The molecular weight excluding hydrogens is 306 g/mol. The summed E-state index contributed by atoms with van der Waals surface area (Å²) in [6.07, 6.45) is 1.61. The Morgan fingerprint density at radius 1 is 1.05 bits per heavy atom. The van der Waals surface area contributed by atoms with Gasteiger partial charge in [-0.2, -0.15) is 0 Å². The van der Waals surface area contributed by atoms with Gasteiger partial charge in [-0.05, 0) is 36.1 Å². The van der Waals surface area contributed by atoms with E-state index in [1.807, 2.05) is 48.5 Å². The van der Waals surface area contributed by atoms with Crippen LogP contribution in [0, 0.1) is 0 Å². The number of hydrogen-bond acceptors (Lipinski definition) is 2. The van der Waals surface area contributed by atoms with E-state index >= 15 is 0 Å². The Hall–Kier alpha value is -1.36. The van der Waals surface area contributed by atoms with Crippen molar-refractivity contribution < 1.29 is 8.42 Å². The fourth-order valence-corrected chi connectivity index (χ4v) is 4.30. The molecule has 3 nitrogen and oxygen atoms in total. The van der Waals surface area contributed by atoms with E-state index in [-0.39, 0.29) is 5.75 Å². The molecule has 0 amide bonds. The summed E-state index contributed by atoms with van der Waals surface area (Å²) in [4.78, 5) is 0.